The maximum atomic E-state index is 6.49. The van der Waals surface area contributed by atoms with Gasteiger partial charge in [-0.2, -0.15) is 0 Å². The van der Waals surface area contributed by atoms with Gasteiger partial charge in [0, 0.05) is 29.8 Å². The SMILES string of the molecule is CCN(CC)[C@H]1c2c(C)c3c(c(C)c2OC1(C)C)OP(N(CC)CC)O3. The Labute approximate surface area is 159 Å². The van der Waals surface area contributed by atoms with E-state index in [0.717, 1.165) is 49.0 Å². The number of nitrogens with zero attached hydrogens (tertiary/aromatic N) is 2. The zero-order chi connectivity index (χ0) is 19.2. The summed E-state index contributed by atoms with van der Waals surface area (Å²) in [5.74, 6) is 2.77. The van der Waals surface area contributed by atoms with Crippen molar-refractivity contribution in [1.29, 1.82) is 0 Å². The molecule has 0 saturated carbocycles. The average molecular weight is 380 g/mol. The fourth-order valence-corrected chi connectivity index (χ4v) is 5.72. The number of ether oxygens (including phenoxy) is 1. The highest BCUT2D eigenvalue weighted by Crippen LogP contribution is 2.62. The quantitative estimate of drug-likeness (QED) is 0.634. The van der Waals surface area contributed by atoms with Crippen LogP contribution in [-0.2, 0) is 0 Å². The van der Waals surface area contributed by atoms with Gasteiger partial charge in [-0.05, 0) is 40.8 Å². The molecule has 2 heterocycles. The second-order valence-electron chi connectivity index (χ2n) is 7.54. The fraction of sp³-hybridized carbons (Fsp3) is 0.700. The smallest absolute Gasteiger partial charge is 0.384 e. The molecule has 26 heavy (non-hydrogen) atoms. The Morgan fingerprint density at radius 3 is 1.88 bits per heavy atom. The summed E-state index contributed by atoms with van der Waals surface area (Å²) >= 11 is 0. The van der Waals surface area contributed by atoms with Crippen molar-refractivity contribution >= 4 is 8.53 Å². The highest BCUT2D eigenvalue weighted by Gasteiger charge is 2.48. The third kappa shape index (κ3) is 2.89. The minimum absolute atomic E-state index is 0.223. The second-order valence-corrected chi connectivity index (χ2v) is 8.95. The number of hydrogen-bond acceptors (Lipinski definition) is 5. The van der Waals surface area contributed by atoms with E-state index in [4.69, 9.17) is 13.8 Å². The van der Waals surface area contributed by atoms with Crippen LogP contribution in [0.5, 0.6) is 17.2 Å². The molecule has 2 atom stereocenters. The zero-order valence-corrected chi connectivity index (χ0v) is 18.4. The molecule has 146 valence electrons. The number of fused-ring (bicyclic) bond motifs is 2. The van der Waals surface area contributed by atoms with Crippen molar-refractivity contribution in [3.63, 3.8) is 0 Å². The molecule has 0 aliphatic carbocycles. The predicted molar refractivity (Wildman–Crippen MR) is 107 cm³/mol. The molecule has 0 bridgehead atoms. The minimum Gasteiger partial charge on any atom is -0.485 e. The maximum absolute atomic E-state index is 6.49. The van der Waals surface area contributed by atoms with Gasteiger partial charge in [-0.1, -0.05) is 27.7 Å². The zero-order valence-electron chi connectivity index (χ0n) is 17.5. The van der Waals surface area contributed by atoms with Crippen LogP contribution in [0, 0.1) is 13.8 Å². The van der Waals surface area contributed by atoms with Gasteiger partial charge in [0.05, 0.1) is 6.04 Å². The van der Waals surface area contributed by atoms with Crippen molar-refractivity contribution < 1.29 is 13.8 Å². The molecule has 0 amide bonds. The summed E-state index contributed by atoms with van der Waals surface area (Å²) in [5, 5.41) is 0. The van der Waals surface area contributed by atoms with Crippen molar-refractivity contribution in [3.8, 4) is 17.2 Å². The molecule has 1 aromatic rings. The number of hydrogen-bond donors (Lipinski definition) is 0. The molecule has 0 saturated heterocycles. The summed E-state index contributed by atoms with van der Waals surface area (Å²) in [6.45, 7) is 21.2. The van der Waals surface area contributed by atoms with E-state index in [1.807, 2.05) is 0 Å². The van der Waals surface area contributed by atoms with E-state index in [9.17, 15) is 0 Å². The van der Waals surface area contributed by atoms with E-state index in [1.165, 1.54) is 11.1 Å². The first-order valence-electron chi connectivity index (χ1n) is 9.81. The van der Waals surface area contributed by atoms with Crippen molar-refractivity contribution in [2.45, 2.75) is 67.0 Å². The predicted octanol–water partition coefficient (Wildman–Crippen LogP) is 5.20. The standard InChI is InChI=1S/C20H33N2O3P/c1-9-21(10-2)19-15-13(5)17-18(14(6)16(15)23-20(19,7)8)25-26(24-17)22(11-3)12-4/h19H,9-12H2,1-8H3/t19-,26?/m0/s1. The Morgan fingerprint density at radius 2 is 1.38 bits per heavy atom. The molecule has 0 radical (unpaired) electrons. The summed E-state index contributed by atoms with van der Waals surface area (Å²) < 4.78 is 21.4. The summed E-state index contributed by atoms with van der Waals surface area (Å²) in [6, 6.07) is 0.223. The maximum Gasteiger partial charge on any atom is 0.384 e. The summed E-state index contributed by atoms with van der Waals surface area (Å²) in [6.07, 6.45) is 0. The van der Waals surface area contributed by atoms with Crippen LogP contribution in [0.4, 0.5) is 0 Å². The van der Waals surface area contributed by atoms with Crippen molar-refractivity contribution in [1.82, 2.24) is 9.57 Å². The lowest BCUT2D eigenvalue weighted by Crippen LogP contribution is -2.42. The van der Waals surface area contributed by atoms with Gasteiger partial charge < -0.3 is 13.8 Å². The van der Waals surface area contributed by atoms with Crippen LogP contribution in [0.2, 0.25) is 0 Å². The van der Waals surface area contributed by atoms with Crippen LogP contribution in [0.1, 0.15) is 64.3 Å². The molecular formula is C20H33N2O3P. The molecule has 0 N–H and O–H groups in total. The first-order valence-corrected chi connectivity index (χ1v) is 10.9. The lowest BCUT2D eigenvalue weighted by atomic mass is 9.88. The van der Waals surface area contributed by atoms with Crippen LogP contribution < -0.4 is 13.8 Å². The first kappa shape index (κ1) is 19.7. The molecular weight excluding hydrogens is 347 g/mol. The van der Waals surface area contributed by atoms with E-state index in [1.54, 1.807) is 0 Å². The van der Waals surface area contributed by atoms with Crippen LogP contribution in [-0.4, -0.2) is 41.4 Å². The molecule has 6 heteroatoms. The Hall–Kier alpha value is -1.03. The second kappa shape index (κ2) is 7.18. The monoisotopic (exact) mass is 380 g/mol. The van der Waals surface area contributed by atoms with E-state index < -0.39 is 8.53 Å². The van der Waals surface area contributed by atoms with Crippen molar-refractivity contribution in [3.05, 3.63) is 16.7 Å². The number of rotatable bonds is 6. The minimum atomic E-state index is -1.07. The summed E-state index contributed by atoms with van der Waals surface area (Å²) in [7, 11) is -1.07. The molecule has 0 aromatic heterocycles. The van der Waals surface area contributed by atoms with E-state index >= 15 is 0 Å². The van der Waals surface area contributed by atoms with Gasteiger partial charge in [0.25, 0.3) is 0 Å². The van der Waals surface area contributed by atoms with E-state index in [-0.39, 0.29) is 11.6 Å². The molecule has 2 aliphatic heterocycles. The van der Waals surface area contributed by atoms with Gasteiger partial charge in [0.2, 0.25) is 0 Å². The Morgan fingerprint density at radius 1 is 0.846 bits per heavy atom. The van der Waals surface area contributed by atoms with Crippen LogP contribution >= 0.6 is 8.53 Å². The first-order chi connectivity index (χ1) is 12.3. The van der Waals surface area contributed by atoms with Gasteiger partial charge in [-0.25, -0.2) is 4.67 Å². The number of likely N-dealkylation sites (N-methyl/N-ethyl adjacent to an activating group) is 1. The van der Waals surface area contributed by atoms with Gasteiger partial charge in [0.1, 0.15) is 11.4 Å². The molecule has 0 spiro atoms. The molecule has 0 fully saturated rings. The van der Waals surface area contributed by atoms with Gasteiger partial charge >= 0.3 is 8.53 Å². The van der Waals surface area contributed by atoms with Crippen LogP contribution in [0.3, 0.4) is 0 Å². The third-order valence-electron chi connectivity index (χ3n) is 5.65. The molecule has 1 aromatic carbocycles. The Kier molecular flexibility index (Phi) is 5.45. The molecule has 3 rings (SSSR count). The lowest BCUT2D eigenvalue weighted by Gasteiger charge is -2.35. The van der Waals surface area contributed by atoms with Crippen molar-refractivity contribution in [2.24, 2.45) is 0 Å². The average Bonchev–Trinajstić information content (AvgIpc) is 3.16. The highest BCUT2D eigenvalue weighted by molar-refractivity contribution is 7.45. The topological polar surface area (TPSA) is 34.2 Å². The summed E-state index contributed by atoms with van der Waals surface area (Å²) in [4.78, 5) is 2.48. The van der Waals surface area contributed by atoms with Crippen molar-refractivity contribution in [2.75, 3.05) is 26.2 Å². The largest absolute Gasteiger partial charge is 0.485 e. The van der Waals surface area contributed by atoms with Gasteiger partial charge in [-0.15, -0.1) is 0 Å². The number of benzene rings is 1. The van der Waals surface area contributed by atoms with Crippen LogP contribution in [0.15, 0.2) is 0 Å². The Bertz CT molecular complexity index is 684. The van der Waals surface area contributed by atoms with Gasteiger partial charge in [-0.3, -0.25) is 4.90 Å². The van der Waals surface area contributed by atoms with E-state index in [2.05, 4.69) is 65.0 Å². The molecule has 2 aliphatic rings. The fourth-order valence-electron chi connectivity index (χ4n) is 4.24. The molecule has 5 nitrogen and oxygen atoms in total. The van der Waals surface area contributed by atoms with E-state index in [0.29, 0.717) is 0 Å². The Balaban J connectivity index is 2.10. The van der Waals surface area contributed by atoms with Gasteiger partial charge in [0.15, 0.2) is 11.5 Å². The normalized spacial score (nSPS) is 22.8. The summed E-state index contributed by atoms with van der Waals surface area (Å²) in [5.41, 5.74) is 3.23. The highest BCUT2D eigenvalue weighted by atomic mass is 31.2. The van der Waals surface area contributed by atoms with Crippen LogP contribution in [0.25, 0.3) is 0 Å². The lowest BCUT2D eigenvalue weighted by molar-refractivity contribution is 0.0330. The third-order valence-corrected chi connectivity index (χ3v) is 7.36. The molecule has 1 unspecified atom stereocenters.